The number of carbonyl (C=O) groups is 5. The van der Waals surface area contributed by atoms with Crippen LogP contribution in [0.1, 0.15) is 43.0 Å². The van der Waals surface area contributed by atoms with Gasteiger partial charge in [0.15, 0.2) is 23.0 Å². The van der Waals surface area contributed by atoms with Gasteiger partial charge in [-0.3, -0.25) is 29.0 Å². The molecule has 2 bridgehead atoms. The second-order valence-corrected chi connectivity index (χ2v) is 11.5. The first-order chi connectivity index (χ1) is 21.3. The molecule has 3 N–H and O–H groups in total. The minimum atomic E-state index is -0.984. The Balaban J connectivity index is 1.79. The summed E-state index contributed by atoms with van der Waals surface area (Å²) in [6.45, 7) is 2.99. The van der Waals surface area contributed by atoms with Crippen LogP contribution >= 0.6 is 0 Å². The average Bonchev–Trinajstić information content (AvgIpc) is 3.00. The number of methoxy groups -OCH3 is 2. The predicted molar refractivity (Wildman–Crippen MR) is 154 cm³/mol. The zero-order valence-corrected chi connectivity index (χ0v) is 25.7. The molecule has 0 spiro atoms. The molecule has 238 valence electrons. The van der Waals surface area contributed by atoms with E-state index in [4.69, 9.17) is 14.2 Å². The quantitative estimate of drug-likeness (QED) is 0.158. The second kappa shape index (κ2) is 11.7. The second-order valence-electron chi connectivity index (χ2n) is 11.5. The van der Waals surface area contributed by atoms with Crippen LogP contribution in [0.4, 0.5) is 0 Å². The largest absolute Gasteiger partial charge is 0.504 e. The van der Waals surface area contributed by atoms with Gasteiger partial charge in [0.05, 0.1) is 32.4 Å². The molecule has 1 saturated heterocycles. The van der Waals surface area contributed by atoms with E-state index in [1.165, 1.54) is 21.1 Å². The first-order valence-corrected chi connectivity index (χ1v) is 14.3. The lowest BCUT2D eigenvalue weighted by atomic mass is 9.68. The van der Waals surface area contributed by atoms with Crippen LogP contribution in [0.3, 0.4) is 0 Å². The van der Waals surface area contributed by atoms with Crippen LogP contribution in [0.2, 0.25) is 0 Å². The molecule has 5 atom stereocenters. The van der Waals surface area contributed by atoms with Crippen molar-refractivity contribution in [3.8, 4) is 23.3 Å². The lowest BCUT2D eigenvalue weighted by Gasteiger charge is -2.60. The van der Waals surface area contributed by atoms with Gasteiger partial charge >= 0.3 is 5.97 Å². The molecule has 0 radical (unpaired) electrons. The molecule has 4 aliphatic rings. The number of benzene rings is 1. The molecule has 3 aliphatic heterocycles. The topological polar surface area (TPSA) is 196 Å². The van der Waals surface area contributed by atoms with Crippen LogP contribution in [-0.2, 0) is 35.1 Å². The maximum atomic E-state index is 13.9. The van der Waals surface area contributed by atoms with Gasteiger partial charge in [-0.25, -0.2) is 4.79 Å². The third-order valence-corrected chi connectivity index (χ3v) is 9.35. The number of ether oxygens (including phenoxy) is 3. The molecule has 1 amide bonds. The molecule has 1 fully saturated rings. The Bertz CT molecular complexity index is 1650. The summed E-state index contributed by atoms with van der Waals surface area (Å²) in [6, 6.07) is -1.62. The summed E-state index contributed by atoms with van der Waals surface area (Å²) in [5, 5.41) is 34.3. The van der Waals surface area contributed by atoms with Crippen LogP contribution in [0.15, 0.2) is 22.5 Å². The Morgan fingerprint density at radius 1 is 1.07 bits per heavy atom. The van der Waals surface area contributed by atoms with Crippen molar-refractivity contribution in [2.24, 2.45) is 0 Å². The Kier molecular flexibility index (Phi) is 8.30. The summed E-state index contributed by atoms with van der Waals surface area (Å²) < 4.78 is 16.4. The standard InChI is InChI=1S/C31H34N4O10/c1-12-25(39)15-7-17-19(9-32)35-18(24(34(17)4)23(15)27(41)29(12)43-5)8-16-22(20(35)10-33-31(42)14(3)37)26(40)30(44-6)13(2)28(16)45-21(38)11-36/h17-20,24,36,40H,7-8,10-11H2,1-6H3,(H,33,42). The Hall–Kier alpha value is -4.58. The van der Waals surface area contributed by atoms with Gasteiger partial charge in [0.25, 0.3) is 5.91 Å². The van der Waals surface area contributed by atoms with Crippen molar-refractivity contribution < 1.29 is 48.4 Å². The number of Topliss-reactive ketones (excluding diaryl/α,β-unsaturated/α-hetero) is 3. The number of rotatable bonds is 7. The van der Waals surface area contributed by atoms with Gasteiger partial charge in [0.2, 0.25) is 11.6 Å². The van der Waals surface area contributed by atoms with Crippen molar-refractivity contribution in [3.63, 3.8) is 0 Å². The number of aliphatic hydroxyl groups is 1. The summed E-state index contributed by atoms with van der Waals surface area (Å²) >= 11 is 0. The van der Waals surface area contributed by atoms with Gasteiger partial charge in [0.1, 0.15) is 18.4 Å². The highest BCUT2D eigenvalue weighted by Crippen LogP contribution is 2.54. The van der Waals surface area contributed by atoms with Gasteiger partial charge < -0.3 is 29.7 Å². The molecular formula is C31H34N4O10. The number of phenolic OH excluding ortho intramolecular Hbond substituents is 1. The third-order valence-electron chi connectivity index (χ3n) is 9.35. The smallest absolute Gasteiger partial charge is 0.337 e. The van der Waals surface area contributed by atoms with E-state index in [1.807, 2.05) is 4.90 Å². The monoisotopic (exact) mass is 622 g/mol. The molecule has 1 aromatic carbocycles. The van der Waals surface area contributed by atoms with E-state index >= 15 is 0 Å². The maximum Gasteiger partial charge on any atom is 0.337 e. The number of hydrogen-bond acceptors (Lipinski definition) is 13. The number of aliphatic hydroxyl groups excluding tert-OH is 1. The molecule has 3 heterocycles. The van der Waals surface area contributed by atoms with Crippen LogP contribution in [-0.4, -0.2) is 108 Å². The van der Waals surface area contributed by atoms with Gasteiger partial charge in [-0.2, -0.15) is 5.26 Å². The number of aromatic hydroxyl groups is 1. The highest BCUT2D eigenvalue weighted by atomic mass is 16.5. The highest BCUT2D eigenvalue weighted by Gasteiger charge is 2.58. The molecule has 45 heavy (non-hydrogen) atoms. The number of ketones is 3. The van der Waals surface area contributed by atoms with Gasteiger partial charge in [-0.15, -0.1) is 0 Å². The normalized spacial score (nSPS) is 26.0. The number of allylic oxidation sites excluding steroid dienone is 2. The molecule has 14 nitrogen and oxygen atoms in total. The van der Waals surface area contributed by atoms with E-state index in [1.54, 1.807) is 18.9 Å². The molecule has 1 aromatic rings. The number of nitriles is 1. The minimum Gasteiger partial charge on any atom is -0.504 e. The van der Waals surface area contributed by atoms with Gasteiger partial charge in [-0.05, 0) is 33.7 Å². The van der Waals surface area contributed by atoms with E-state index in [9.17, 15) is 39.4 Å². The van der Waals surface area contributed by atoms with E-state index < -0.39 is 60.3 Å². The first kappa shape index (κ1) is 31.8. The van der Waals surface area contributed by atoms with Gasteiger partial charge in [-0.1, -0.05) is 0 Å². The van der Waals surface area contributed by atoms with Crippen molar-refractivity contribution >= 4 is 29.2 Å². The predicted octanol–water partition coefficient (Wildman–Crippen LogP) is -0.0728. The minimum absolute atomic E-state index is 0.00362. The number of piperazine rings is 1. The zero-order valence-electron chi connectivity index (χ0n) is 25.7. The van der Waals surface area contributed by atoms with Crippen molar-refractivity contribution in [3.05, 3.63) is 39.2 Å². The summed E-state index contributed by atoms with van der Waals surface area (Å²) in [6.07, 6.45) is 0.104. The fourth-order valence-electron chi connectivity index (χ4n) is 7.44. The molecule has 0 saturated carbocycles. The van der Waals surface area contributed by atoms with Crippen molar-refractivity contribution in [1.29, 1.82) is 5.26 Å². The molecule has 0 aromatic heterocycles. The van der Waals surface area contributed by atoms with Gasteiger partial charge in [0, 0.05) is 59.0 Å². The highest BCUT2D eigenvalue weighted by molar-refractivity contribution is 6.35. The van der Waals surface area contributed by atoms with Crippen molar-refractivity contribution in [2.75, 3.05) is 34.4 Å². The fourth-order valence-corrected chi connectivity index (χ4v) is 7.44. The molecule has 14 heteroatoms. The number of nitrogens with zero attached hydrogens (tertiary/aromatic N) is 3. The van der Waals surface area contributed by atoms with E-state index in [0.29, 0.717) is 11.1 Å². The van der Waals surface area contributed by atoms with Crippen LogP contribution in [0, 0.1) is 18.3 Å². The molecule has 5 unspecified atom stereocenters. The summed E-state index contributed by atoms with van der Waals surface area (Å²) in [5.41, 5.74) is 1.47. The zero-order chi connectivity index (χ0) is 33.1. The fraction of sp³-hybridized carbons (Fsp3) is 0.484. The van der Waals surface area contributed by atoms with E-state index in [2.05, 4.69) is 11.4 Å². The number of esters is 1. The number of fused-ring (bicyclic) bond motifs is 6. The number of hydrogen-bond donors (Lipinski definition) is 3. The Morgan fingerprint density at radius 2 is 1.76 bits per heavy atom. The number of amides is 1. The molecule has 1 aliphatic carbocycles. The summed E-state index contributed by atoms with van der Waals surface area (Å²) in [5.74, 6) is -3.84. The first-order valence-electron chi connectivity index (χ1n) is 14.3. The number of likely N-dealkylation sites (N-methyl/N-ethyl adjacent to an activating group) is 1. The summed E-state index contributed by atoms with van der Waals surface area (Å²) in [4.78, 5) is 67.9. The van der Waals surface area contributed by atoms with Crippen molar-refractivity contribution in [1.82, 2.24) is 15.1 Å². The number of nitrogens with one attached hydrogen (secondary N) is 1. The number of phenols is 1. The van der Waals surface area contributed by atoms with Crippen LogP contribution in [0.5, 0.6) is 17.2 Å². The third kappa shape index (κ3) is 4.70. The molecular weight excluding hydrogens is 588 g/mol. The van der Waals surface area contributed by atoms with Crippen LogP contribution in [0.25, 0.3) is 0 Å². The lowest BCUT2D eigenvalue weighted by Crippen LogP contribution is -2.72. The Labute approximate surface area is 258 Å². The lowest BCUT2D eigenvalue weighted by molar-refractivity contribution is -0.137. The average molecular weight is 623 g/mol. The van der Waals surface area contributed by atoms with Crippen LogP contribution < -0.4 is 14.8 Å². The van der Waals surface area contributed by atoms with Crippen molar-refractivity contribution in [2.45, 2.75) is 63.8 Å². The number of carbonyl (C=O) groups excluding carboxylic acids is 5. The maximum absolute atomic E-state index is 13.9. The van der Waals surface area contributed by atoms with E-state index in [0.717, 1.165) is 6.92 Å². The SMILES string of the molecule is COC1=C(C)C(=O)C2=C(C1=O)C1C3Cc4c(OC(=O)CO)c(C)c(OC)c(O)c4C(CNC(=O)C(C)=O)N3C(C#N)C(C2)N1C. The summed E-state index contributed by atoms with van der Waals surface area (Å²) in [7, 11) is 4.39. The molecule has 5 rings (SSSR count). The van der Waals surface area contributed by atoms with E-state index in [-0.39, 0.29) is 70.5 Å². The Morgan fingerprint density at radius 3 is 2.33 bits per heavy atom.